The number of hydrogen-bond acceptors (Lipinski definition) is 4. The van der Waals surface area contributed by atoms with E-state index in [1.807, 2.05) is 0 Å². The van der Waals surface area contributed by atoms with Crippen molar-refractivity contribution in [3.05, 3.63) is 35.6 Å². The zero-order chi connectivity index (χ0) is 19.4. The minimum atomic E-state index is -0.425. The molecule has 3 rings (SSSR count). The zero-order valence-corrected chi connectivity index (χ0v) is 15.2. The first-order valence-corrected chi connectivity index (χ1v) is 9.12. The van der Waals surface area contributed by atoms with Crippen molar-refractivity contribution in [2.75, 3.05) is 20.3 Å². The van der Waals surface area contributed by atoms with Crippen molar-refractivity contribution < 1.29 is 23.5 Å². The molecule has 1 aromatic rings. The molecule has 27 heavy (non-hydrogen) atoms. The number of fused-ring (bicyclic) bond motifs is 1. The topological polar surface area (TPSA) is 87.7 Å². The van der Waals surface area contributed by atoms with Crippen LogP contribution in [-0.4, -0.2) is 49.0 Å². The molecular formula is C19H24FN3O4. The van der Waals surface area contributed by atoms with Gasteiger partial charge in [-0.05, 0) is 37.0 Å². The Hall–Kier alpha value is -2.48. The fraction of sp³-hybridized carbons (Fsp3) is 0.526. The predicted molar refractivity (Wildman–Crippen MR) is 95.0 cm³/mol. The lowest BCUT2D eigenvalue weighted by molar-refractivity contribution is -0.139. The molecule has 4 amide bonds. The second-order valence-corrected chi connectivity index (χ2v) is 7.00. The molecule has 146 valence electrons. The molecule has 1 aliphatic carbocycles. The summed E-state index contributed by atoms with van der Waals surface area (Å²) >= 11 is 0. The van der Waals surface area contributed by atoms with Crippen molar-refractivity contribution in [3.8, 4) is 0 Å². The van der Waals surface area contributed by atoms with Gasteiger partial charge in [0.1, 0.15) is 5.82 Å². The van der Waals surface area contributed by atoms with Crippen molar-refractivity contribution in [2.24, 2.45) is 11.8 Å². The Bertz CT molecular complexity index is 709. The minimum absolute atomic E-state index is 0.110. The first kappa shape index (κ1) is 19.3. The van der Waals surface area contributed by atoms with Gasteiger partial charge < -0.3 is 15.4 Å². The highest BCUT2D eigenvalue weighted by atomic mass is 19.1. The van der Waals surface area contributed by atoms with Crippen molar-refractivity contribution >= 4 is 17.8 Å². The molecule has 0 bridgehead atoms. The third-order valence-corrected chi connectivity index (χ3v) is 5.26. The summed E-state index contributed by atoms with van der Waals surface area (Å²) in [5, 5.41) is 5.72. The molecule has 1 saturated carbocycles. The number of nitrogens with one attached hydrogen (secondary N) is 2. The van der Waals surface area contributed by atoms with E-state index in [9.17, 15) is 18.8 Å². The van der Waals surface area contributed by atoms with Crippen molar-refractivity contribution in [1.82, 2.24) is 15.5 Å². The first-order valence-electron chi connectivity index (χ1n) is 9.12. The molecule has 1 heterocycles. The summed E-state index contributed by atoms with van der Waals surface area (Å²) in [6, 6.07) is 5.21. The van der Waals surface area contributed by atoms with E-state index in [-0.39, 0.29) is 42.1 Å². The number of nitrogens with zero attached hydrogens (tertiary/aromatic N) is 1. The monoisotopic (exact) mass is 377 g/mol. The van der Waals surface area contributed by atoms with Gasteiger partial charge in [-0.25, -0.2) is 9.18 Å². The molecule has 2 aliphatic rings. The summed E-state index contributed by atoms with van der Waals surface area (Å²) in [7, 11) is 1.52. The van der Waals surface area contributed by atoms with E-state index < -0.39 is 6.03 Å². The SMILES string of the molecule is COCCN1C(=O)NC2CC(C(=O)NCc3ccc(F)cc3)CCC2C1=O. The number of urea groups is 1. The highest BCUT2D eigenvalue weighted by Gasteiger charge is 2.45. The van der Waals surface area contributed by atoms with Crippen LogP contribution >= 0.6 is 0 Å². The van der Waals surface area contributed by atoms with Crippen LogP contribution in [-0.2, 0) is 20.9 Å². The summed E-state index contributed by atoms with van der Waals surface area (Å²) in [6.45, 7) is 0.844. The highest BCUT2D eigenvalue weighted by Crippen LogP contribution is 2.33. The van der Waals surface area contributed by atoms with E-state index in [2.05, 4.69) is 10.6 Å². The van der Waals surface area contributed by atoms with Gasteiger partial charge in [-0.1, -0.05) is 12.1 Å². The molecule has 1 aliphatic heterocycles. The van der Waals surface area contributed by atoms with Crippen molar-refractivity contribution in [1.29, 1.82) is 0 Å². The van der Waals surface area contributed by atoms with Crippen LogP contribution < -0.4 is 10.6 Å². The van der Waals surface area contributed by atoms with Gasteiger partial charge in [0.15, 0.2) is 0 Å². The Balaban J connectivity index is 1.54. The number of amides is 4. The molecule has 7 nitrogen and oxygen atoms in total. The van der Waals surface area contributed by atoms with E-state index in [0.717, 1.165) is 5.56 Å². The predicted octanol–water partition coefficient (Wildman–Crippen LogP) is 1.42. The highest BCUT2D eigenvalue weighted by molar-refractivity contribution is 5.99. The van der Waals surface area contributed by atoms with Crippen LogP contribution in [0.4, 0.5) is 9.18 Å². The molecule has 1 aromatic carbocycles. The lowest BCUT2D eigenvalue weighted by atomic mass is 9.76. The van der Waals surface area contributed by atoms with Crippen LogP contribution in [0.25, 0.3) is 0 Å². The molecule has 8 heteroatoms. The van der Waals surface area contributed by atoms with Crippen LogP contribution in [0.5, 0.6) is 0 Å². The number of rotatable bonds is 6. The smallest absolute Gasteiger partial charge is 0.324 e. The van der Waals surface area contributed by atoms with Crippen LogP contribution in [0.3, 0.4) is 0 Å². The number of benzene rings is 1. The van der Waals surface area contributed by atoms with Crippen LogP contribution in [0.2, 0.25) is 0 Å². The number of carbonyl (C=O) groups excluding carboxylic acids is 3. The van der Waals surface area contributed by atoms with Crippen LogP contribution in [0.1, 0.15) is 24.8 Å². The number of ether oxygens (including phenoxy) is 1. The van der Waals surface area contributed by atoms with E-state index in [0.29, 0.717) is 32.4 Å². The number of imide groups is 1. The van der Waals surface area contributed by atoms with Crippen LogP contribution in [0, 0.1) is 17.7 Å². The van der Waals surface area contributed by atoms with Gasteiger partial charge in [0.25, 0.3) is 0 Å². The average molecular weight is 377 g/mol. The Morgan fingerprint density at radius 3 is 2.74 bits per heavy atom. The maximum Gasteiger partial charge on any atom is 0.324 e. The summed E-state index contributed by atoms with van der Waals surface area (Å²) in [4.78, 5) is 38.4. The third-order valence-electron chi connectivity index (χ3n) is 5.26. The second-order valence-electron chi connectivity index (χ2n) is 7.00. The molecule has 2 N–H and O–H groups in total. The van der Waals surface area contributed by atoms with Crippen molar-refractivity contribution in [2.45, 2.75) is 31.8 Å². The van der Waals surface area contributed by atoms with Gasteiger partial charge in [-0.15, -0.1) is 0 Å². The van der Waals surface area contributed by atoms with Gasteiger partial charge in [0.2, 0.25) is 11.8 Å². The third kappa shape index (κ3) is 4.44. The largest absolute Gasteiger partial charge is 0.383 e. The number of carbonyl (C=O) groups is 3. The Kier molecular flexibility index (Phi) is 6.05. The second kappa shape index (κ2) is 8.47. The molecule has 0 spiro atoms. The summed E-state index contributed by atoms with van der Waals surface area (Å²) in [5.74, 6) is -1.17. The molecular weight excluding hydrogens is 353 g/mol. The summed E-state index contributed by atoms with van der Waals surface area (Å²) in [6.07, 6.45) is 1.59. The quantitative estimate of drug-likeness (QED) is 0.785. The normalized spacial score (nSPS) is 25.0. The number of hydrogen-bond donors (Lipinski definition) is 2. The van der Waals surface area contributed by atoms with E-state index in [1.54, 1.807) is 12.1 Å². The number of halogens is 1. The lowest BCUT2D eigenvalue weighted by Gasteiger charge is -2.41. The molecule has 3 atom stereocenters. The summed E-state index contributed by atoms with van der Waals surface area (Å²) in [5.41, 5.74) is 0.813. The first-order chi connectivity index (χ1) is 13.0. The fourth-order valence-corrected chi connectivity index (χ4v) is 3.73. The maximum absolute atomic E-state index is 12.9. The van der Waals surface area contributed by atoms with Crippen LogP contribution in [0.15, 0.2) is 24.3 Å². The molecule has 3 unspecified atom stereocenters. The standard InChI is InChI=1S/C19H24FN3O4/c1-27-9-8-23-18(25)15-7-4-13(10-16(15)22-19(23)26)17(24)21-11-12-2-5-14(20)6-3-12/h2-3,5-6,13,15-16H,4,7-11H2,1H3,(H,21,24)(H,22,26). The zero-order valence-electron chi connectivity index (χ0n) is 15.2. The Labute approximate surface area is 157 Å². The fourth-order valence-electron chi connectivity index (χ4n) is 3.73. The minimum Gasteiger partial charge on any atom is -0.383 e. The van der Waals surface area contributed by atoms with Gasteiger partial charge in [0, 0.05) is 25.6 Å². The molecule has 2 fully saturated rings. The maximum atomic E-state index is 12.9. The van der Waals surface area contributed by atoms with Crippen molar-refractivity contribution in [3.63, 3.8) is 0 Å². The Morgan fingerprint density at radius 1 is 1.30 bits per heavy atom. The van der Waals surface area contributed by atoms with Gasteiger partial charge in [0.05, 0.1) is 19.1 Å². The van der Waals surface area contributed by atoms with Gasteiger partial charge in [-0.2, -0.15) is 0 Å². The van der Waals surface area contributed by atoms with E-state index in [1.165, 1.54) is 24.1 Å². The van der Waals surface area contributed by atoms with E-state index >= 15 is 0 Å². The average Bonchev–Trinajstić information content (AvgIpc) is 2.66. The Morgan fingerprint density at radius 2 is 2.04 bits per heavy atom. The number of methoxy groups -OCH3 is 1. The summed E-state index contributed by atoms with van der Waals surface area (Å²) < 4.78 is 17.9. The van der Waals surface area contributed by atoms with Gasteiger partial charge >= 0.3 is 6.03 Å². The van der Waals surface area contributed by atoms with E-state index in [4.69, 9.17) is 4.74 Å². The lowest BCUT2D eigenvalue weighted by Crippen LogP contribution is -2.62. The molecule has 0 radical (unpaired) electrons. The molecule has 1 saturated heterocycles. The van der Waals surface area contributed by atoms with Gasteiger partial charge in [-0.3, -0.25) is 14.5 Å². The molecule has 0 aromatic heterocycles.